The number of nitrogens with one attached hydrogen (secondary N) is 2. The Hall–Kier alpha value is -1.88. The van der Waals surface area contributed by atoms with Crippen LogP contribution in [-0.4, -0.2) is 17.4 Å². The third kappa shape index (κ3) is 3.57. The van der Waals surface area contributed by atoms with Crippen molar-refractivity contribution < 1.29 is 4.79 Å². The number of aromatic nitrogens is 1. The molecular formula is C15H19N3OS. The van der Waals surface area contributed by atoms with Gasteiger partial charge >= 0.3 is 0 Å². The summed E-state index contributed by atoms with van der Waals surface area (Å²) in [5.41, 5.74) is 2.59. The number of pyridine rings is 1. The summed E-state index contributed by atoms with van der Waals surface area (Å²) in [5, 5.41) is 10.2. The van der Waals surface area contributed by atoms with E-state index in [1.807, 2.05) is 37.6 Å². The highest BCUT2D eigenvalue weighted by atomic mass is 32.1. The highest BCUT2D eigenvalue weighted by Gasteiger charge is 2.13. The predicted molar refractivity (Wildman–Crippen MR) is 83.3 cm³/mol. The fourth-order valence-corrected chi connectivity index (χ4v) is 2.71. The number of anilines is 1. The van der Waals surface area contributed by atoms with E-state index in [4.69, 9.17) is 0 Å². The molecule has 2 aromatic heterocycles. The van der Waals surface area contributed by atoms with Crippen molar-refractivity contribution in [2.24, 2.45) is 0 Å². The molecule has 0 aliphatic carbocycles. The molecule has 0 radical (unpaired) electrons. The van der Waals surface area contributed by atoms with Crippen molar-refractivity contribution >= 4 is 23.1 Å². The van der Waals surface area contributed by atoms with Crippen LogP contribution in [0.5, 0.6) is 0 Å². The Morgan fingerprint density at radius 3 is 2.90 bits per heavy atom. The molecule has 0 saturated carbocycles. The van der Waals surface area contributed by atoms with Crippen molar-refractivity contribution in [3.05, 3.63) is 45.8 Å². The molecule has 0 saturated heterocycles. The van der Waals surface area contributed by atoms with E-state index < -0.39 is 0 Å². The summed E-state index contributed by atoms with van der Waals surface area (Å²) >= 11 is 1.63. The Morgan fingerprint density at radius 1 is 1.45 bits per heavy atom. The van der Waals surface area contributed by atoms with Gasteiger partial charge in [-0.1, -0.05) is 0 Å². The van der Waals surface area contributed by atoms with Crippen LogP contribution in [0.4, 0.5) is 5.82 Å². The quantitative estimate of drug-likeness (QED) is 0.887. The van der Waals surface area contributed by atoms with Crippen molar-refractivity contribution in [2.75, 3.05) is 11.9 Å². The summed E-state index contributed by atoms with van der Waals surface area (Å²) in [6.07, 6.45) is 0. The van der Waals surface area contributed by atoms with E-state index in [-0.39, 0.29) is 11.9 Å². The third-order valence-electron chi connectivity index (χ3n) is 2.96. The van der Waals surface area contributed by atoms with Crippen LogP contribution >= 0.6 is 11.3 Å². The zero-order valence-electron chi connectivity index (χ0n) is 11.9. The molecule has 2 N–H and O–H groups in total. The van der Waals surface area contributed by atoms with E-state index in [1.54, 1.807) is 23.5 Å². The third-order valence-corrected chi connectivity index (χ3v) is 3.67. The van der Waals surface area contributed by atoms with Crippen molar-refractivity contribution in [1.82, 2.24) is 10.3 Å². The van der Waals surface area contributed by atoms with Crippen LogP contribution in [0.2, 0.25) is 0 Å². The first-order valence-corrected chi connectivity index (χ1v) is 7.60. The van der Waals surface area contributed by atoms with Gasteiger partial charge < -0.3 is 10.6 Å². The second-order valence-corrected chi connectivity index (χ2v) is 5.44. The van der Waals surface area contributed by atoms with Gasteiger partial charge in [-0.2, -0.15) is 11.3 Å². The Labute approximate surface area is 123 Å². The smallest absolute Gasteiger partial charge is 0.251 e. The van der Waals surface area contributed by atoms with Gasteiger partial charge in [-0.05, 0) is 55.3 Å². The summed E-state index contributed by atoms with van der Waals surface area (Å²) in [7, 11) is 0. The van der Waals surface area contributed by atoms with Crippen LogP contribution in [0.25, 0.3) is 0 Å². The molecule has 1 atom stereocenters. The summed E-state index contributed by atoms with van der Waals surface area (Å²) in [5.74, 6) is 0.661. The Kier molecular flexibility index (Phi) is 4.74. The van der Waals surface area contributed by atoms with Crippen molar-refractivity contribution in [3.63, 3.8) is 0 Å². The summed E-state index contributed by atoms with van der Waals surface area (Å²) < 4.78 is 0. The number of carbonyl (C=O) groups is 1. The molecule has 0 aliphatic rings. The van der Waals surface area contributed by atoms with Crippen molar-refractivity contribution in [2.45, 2.75) is 26.8 Å². The van der Waals surface area contributed by atoms with Crippen molar-refractivity contribution in [1.29, 1.82) is 0 Å². The fraction of sp³-hybridized carbons (Fsp3) is 0.333. The second-order valence-electron chi connectivity index (χ2n) is 4.66. The maximum Gasteiger partial charge on any atom is 0.251 e. The van der Waals surface area contributed by atoms with E-state index in [0.717, 1.165) is 23.6 Å². The lowest BCUT2D eigenvalue weighted by Crippen LogP contribution is -2.26. The van der Waals surface area contributed by atoms with Crippen LogP contribution in [-0.2, 0) is 0 Å². The van der Waals surface area contributed by atoms with Crippen LogP contribution < -0.4 is 10.6 Å². The minimum Gasteiger partial charge on any atom is -0.370 e. The maximum atomic E-state index is 12.3. The van der Waals surface area contributed by atoms with Crippen LogP contribution in [0.15, 0.2) is 29.0 Å². The fourth-order valence-electron chi connectivity index (χ4n) is 1.96. The first kappa shape index (κ1) is 14.5. The van der Waals surface area contributed by atoms with E-state index in [9.17, 15) is 4.79 Å². The molecular weight excluding hydrogens is 270 g/mol. The normalized spacial score (nSPS) is 11.9. The number of rotatable bonds is 5. The van der Waals surface area contributed by atoms with E-state index >= 15 is 0 Å². The predicted octanol–water partition coefficient (Wildman–Crippen LogP) is 3.37. The van der Waals surface area contributed by atoms with Gasteiger partial charge in [0.25, 0.3) is 5.91 Å². The molecule has 0 bridgehead atoms. The number of aryl methyl sites for hydroxylation is 1. The molecule has 0 spiro atoms. The topological polar surface area (TPSA) is 54.0 Å². The van der Waals surface area contributed by atoms with Gasteiger partial charge in [0, 0.05) is 17.8 Å². The number of thiophene rings is 1. The molecule has 106 valence electrons. The molecule has 2 rings (SSSR count). The number of nitrogens with zero attached hydrogens (tertiary/aromatic N) is 1. The first-order chi connectivity index (χ1) is 9.60. The molecule has 0 aromatic carbocycles. The zero-order chi connectivity index (χ0) is 14.5. The lowest BCUT2D eigenvalue weighted by atomic mass is 10.1. The first-order valence-electron chi connectivity index (χ1n) is 6.65. The van der Waals surface area contributed by atoms with E-state index in [2.05, 4.69) is 15.6 Å². The average molecular weight is 289 g/mol. The standard InChI is InChI=1S/C15H19N3OS/c1-4-16-14-8-13(7-10(2)17-14)15(19)18-11(3)12-5-6-20-9-12/h5-9,11H,4H2,1-3H3,(H,16,17)(H,18,19). The lowest BCUT2D eigenvalue weighted by Gasteiger charge is -2.13. The van der Waals surface area contributed by atoms with E-state index in [1.165, 1.54) is 0 Å². The van der Waals surface area contributed by atoms with Gasteiger partial charge in [0.2, 0.25) is 0 Å². The monoisotopic (exact) mass is 289 g/mol. The van der Waals surface area contributed by atoms with Gasteiger partial charge in [0.1, 0.15) is 5.82 Å². The van der Waals surface area contributed by atoms with Gasteiger partial charge in [-0.25, -0.2) is 4.98 Å². The van der Waals surface area contributed by atoms with Crippen LogP contribution in [0, 0.1) is 6.92 Å². The summed E-state index contributed by atoms with van der Waals surface area (Å²) in [4.78, 5) is 16.6. The Balaban J connectivity index is 2.12. The van der Waals surface area contributed by atoms with Gasteiger partial charge in [0.15, 0.2) is 0 Å². The molecule has 20 heavy (non-hydrogen) atoms. The highest BCUT2D eigenvalue weighted by molar-refractivity contribution is 7.07. The second kappa shape index (κ2) is 6.52. The number of hydrogen-bond acceptors (Lipinski definition) is 4. The van der Waals surface area contributed by atoms with Crippen LogP contribution in [0.3, 0.4) is 0 Å². The van der Waals surface area contributed by atoms with Crippen molar-refractivity contribution in [3.8, 4) is 0 Å². The number of amides is 1. The molecule has 2 heterocycles. The van der Waals surface area contributed by atoms with E-state index in [0.29, 0.717) is 5.56 Å². The molecule has 0 fully saturated rings. The maximum absolute atomic E-state index is 12.3. The molecule has 1 amide bonds. The molecule has 1 unspecified atom stereocenters. The van der Waals surface area contributed by atoms with Crippen LogP contribution in [0.1, 0.15) is 41.5 Å². The van der Waals surface area contributed by atoms with Gasteiger partial charge in [-0.15, -0.1) is 0 Å². The molecule has 4 nitrogen and oxygen atoms in total. The minimum atomic E-state index is -0.0756. The summed E-state index contributed by atoms with van der Waals surface area (Å²) in [6, 6.07) is 5.62. The number of hydrogen-bond donors (Lipinski definition) is 2. The summed E-state index contributed by atoms with van der Waals surface area (Å²) in [6.45, 7) is 6.66. The largest absolute Gasteiger partial charge is 0.370 e. The molecule has 0 aliphatic heterocycles. The average Bonchev–Trinajstić information content (AvgIpc) is 2.92. The zero-order valence-corrected chi connectivity index (χ0v) is 12.8. The SMILES string of the molecule is CCNc1cc(C(=O)NC(C)c2ccsc2)cc(C)n1. The molecule has 5 heteroatoms. The van der Waals surface area contributed by atoms with Gasteiger partial charge in [-0.3, -0.25) is 4.79 Å². The minimum absolute atomic E-state index is 0.00445. The lowest BCUT2D eigenvalue weighted by molar-refractivity contribution is 0.0940. The molecule has 2 aromatic rings. The highest BCUT2D eigenvalue weighted by Crippen LogP contribution is 2.17. The number of carbonyl (C=O) groups excluding carboxylic acids is 1. The van der Waals surface area contributed by atoms with Gasteiger partial charge in [0.05, 0.1) is 6.04 Å². The Morgan fingerprint density at radius 2 is 2.25 bits per heavy atom. The Bertz CT molecular complexity index is 581.